The van der Waals surface area contributed by atoms with E-state index in [2.05, 4.69) is 35.8 Å². The van der Waals surface area contributed by atoms with Crippen molar-refractivity contribution in [2.75, 3.05) is 18.2 Å². The van der Waals surface area contributed by atoms with E-state index < -0.39 is 0 Å². The lowest BCUT2D eigenvalue weighted by Crippen LogP contribution is -2.07. The Morgan fingerprint density at radius 1 is 1.25 bits per heavy atom. The number of benzene rings is 1. The zero-order valence-electron chi connectivity index (χ0n) is 13.0. The van der Waals surface area contributed by atoms with Gasteiger partial charge in [0.15, 0.2) is 0 Å². The quantitative estimate of drug-likeness (QED) is 0.624. The molecule has 3 aromatic rings. The molecule has 24 heavy (non-hydrogen) atoms. The van der Waals surface area contributed by atoms with Crippen LogP contribution < -0.4 is 15.8 Å². The summed E-state index contributed by atoms with van der Waals surface area (Å²) >= 11 is 1.40. The summed E-state index contributed by atoms with van der Waals surface area (Å²) < 4.78 is 6.87. The fraction of sp³-hybridized carbons (Fsp3) is 0.231. The molecule has 0 aliphatic heterocycles. The summed E-state index contributed by atoms with van der Waals surface area (Å²) in [5, 5.41) is 15.0. The molecule has 3 N–H and O–H groups in total. The van der Waals surface area contributed by atoms with E-state index in [1.165, 1.54) is 11.8 Å². The molecule has 0 unspecified atom stereocenters. The van der Waals surface area contributed by atoms with Gasteiger partial charge < -0.3 is 15.8 Å². The van der Waals surface area contributed by atoms with Crippen LogP contribution in [0.4, 0.5) is 17.6 Å². The number of tetrazole rings is 1. The van der Waals surface area contributed by atoms with Crippen LogP contribution in [0.3, 0.4) is 0 Å². The lowest BCUT2D eigenvalue weighted by atomic mass is 10.3. The molecule has 0 saturated carbocycles. The van der Waals surface area contributed by atoms with Gasteiger partial charge in [0.05, 0.1) is 18.6 Å². The Hall–Kier alpha value is -2.95. The molecule has 3 rings (SSSR count). The van der Waals surface area contributed by atoms with Gasteiger partial charge in [-0.1, -0.05) is 23.9 Å². The zero-order valence-corrected chi connectivity index (χ0v) is 13.9. The number of nitrogen functional groups attached to an aromatic ring is 1. The number of rotatable bonds is 6. The van der Waals surface area contributed by atoms with Gasteiger partial charge in [-0.2, -0.15) is 15.0 Å². The van der Waals surface area contributed by atoms with Crippen molar-refractivity contribution >= 4 is 29.3 Å². The summed E-state index contributed by atoms with van der Waals surface area (Å²) in [6.45, 7) is 0. The van der Waals surface area contributed by atoms with Crippen molar-refractivity contribution in [2.45, 2.75) is 10.9 Å². The summed E-state index contributed by atoms with van der Waals surface area (Å²) in [6, 6.07) is 7.46. The maximum Gasteiger partial charge on any atom is 0.232 e. The number of nitrogens with zero attached hydrogens (tertiary/aromatic N) is 7. The number of hydrogen-bond donors (Lipinski definition) is 2. The third kappa shape index (κ3) is 3.68. The van der Waals surface area contributed by atoms with Crippen LogP contribution in [0.25, 0.3) is 0 Å². The van der Waals surface area contributed by atoms with Crippen molar-refractivity contribution in [1.29, 1.82) is 0 Å². The number of nitrogens with two attached hydrogens (primary N) is 1. The van der Waals surface area contributed by atoms with E-state index in [-0.39, 0.29) is 5.95 Å². The van der Waals surface area contributed by atoms with Gasteiger partial charge >= 0.3 is 0 Å². The second-order valence-corrected chi connectivity index (χ2v) is 5.57. The highest BCUT2D eigenvalue weighted by atomic mass is 32.2. The minimum Gasteiger partial charge on any atom is -0.495 e. The summed E-state index contributed by atoms with van der Waals surface area (Å²) in [5.74, 6) is 2.14. The first-order valence-corrected chi connectivity index (χ1v) is 7.90. The third-order valence-corrected chi connectivity index (χ3v) is 3.97. The molecule has 0 aliphatic carbocycles. The molecule has 0 spiro atoms. The minimum atomic E-state index is 0.133. The maximum absolute atomic E-state index is 5.77. The highest BCUT2D eigenvalue weighted by Crippen LogP contribution is 2.26. The van der Waals surface area contributed by atoms with Crippen LogP contribution in [0.2, 0.25) is 0 Å². The van der Waals surface area contributed by atoms with Crippen LogP contribution in [-0.2, 0) is 12.8 Å². The van der Waals surface area contributed by atoms with Crippen molar-refractivity contribution in [3.63, 3.8) is 0 Å². The number of ether oxygens (including phenoxy) is 1. The molecule has 11 heteroatoms. The first-order chi connectivity index (χ1) is 11.7. The molecule has 0 atom stereocenters. The van der Waals surface area contributed by atoms with Crippen molar-refractivity contribution in [2.24, 2.45) is 7.05 Å². The fourth-order valence-corrected chi connectivity index (χ4v) is 2.60. The van der Waals surface area contributed by atoms with E-state index in [9.17, 15) is 0 Å². The van der Waals surface area contributed by atoms with Gasteiger partial charge in [0, 0.05) is 7.05 Å². The van der Waals surface area contributed by atoms with E-state index in [0.717, 1.165) is 5.69 Å². The minimum absolute atomic E-state index is 0.133. The SMILES string of the molecule is COc1ccccc1Nc1nc(N)nc(CSc2nnnn2C)n1. The summed E-state index contributed by atoms with van der Waals surface area (Å²) in [4.78, 5) is 12.6. The highest BCUT2D eigenvalue weighted by molar-refractivity contribution is 7.98. The number of nitrogens with one attached hydrogen (secondary N) is 1. The Kier molecular flexibility index (Phi) is 4.70. The van der Waals surface area contributed by atoms with Crippen molar-refractivity contribution < 1.29 is 4.74 Å². The molecule has 2 heterocycles. The van der Waals surface area contributed by atoms with E-state index in [4.69, 9.17) is 10.5 Å². The van der Waals surface area contributed by atoms with E-state index >= 15 is 0 Å². The molecule has 124 valence electrons. The number of aromatic nitrogens is 7. The monoisotopic (exact) mass is 345 g/mol. The average molecular weight is 345 g/mol. The summed E-state index contributed by atoms with van der Waals surface area (Å²) in [7, 11) is 3.36. The van der Waals surface area contributed by atoms with Crippen LogP contribution in [0.1, 0.15) is 5.82 Å². The third-order valence-electron chi connectivity index (χ3n) is 2.96. The molecule has 2 aromatic heterocycles. The molecule has 0 saturated heterocycles. The lowest BCUT2D eigenvalue weighted by molar-refractivity contribution is 0.417. The molecule has 0 bridgehead atoms. The topological polar surface area (TPSA) is 130 Å². The first-order valence-electron chi connectivity index (χ1n) is 6.91. The number of thioether (sulfide) groups is 1. The van der Waals surface area contributed by atoms with E-state index in [0.29, 0.717) is 28.4 Å². The molecular formula is C13H15N9OS. The molecule has 0 fully saturated rings. The molecule has 0 amide bonds. The second-order valence-electron chi connectivity index (χ2n) is 4.63. The van der Waals surface area contributed by atoms with Gasteiger partial charge in [0.2, 0.25) is 17.1 Å². The number of para-hydroxylation sites is 2. The van der Waals surface area contributed by atoms with Gasteiger partial charge in [-0.25, -0.2) is 4.68 Å². The average Bonchev–Trinajstić information content (AvgIpc) is 2.98. The largest absolute Gasteiger partial charge is 0.495 e. The summed E-state index contributed by atoms with van der Waals surface area (Å²) in [5.41, 5.74) is 6.51. The predicted octanol–water partition coefficient (Wildman–Crippen LogP) is 1.02. The number of hydrogen-bond acceptors (Lipinski definition) is 10. The van der Waals surface area contributed by atoms with Crippen LogP contribution >= 0.6 is 11.8 Å². The number of aryl methyl sites for hydroxylation is 1. The highest BCUT2D eigenvalue weighted by Gasteiger charge is 2.10. The number of methoxy groups -OCH3 is 1. The smallest absolute Gasteiger partial charge is 0.232 e. The molecular weight excluding hydrogens is 330 g/mol. The van der Waals surface area contributed by atoms with Gasteiger partial charge in [-0.3, -0.25) is 0 Å². The van der Waals surface area contributed by atoms with Crippen molar-refractivity contribution in [1.82, 2.24) is 35.2 Å². The maximum atomic E-state index is 5.77. The Morgan fingerprint density at radius 2 is 2.08 bits per heavy atom. The Morgan fingerprint density at radius 3 is 2.83 bits per heavy atom. The van der Waals surface area contributed by atoms with Crippen molar-refractivity contribution in [3.05, 3.63) is 30.1 Å². The molecule has 1 aromatic carbocycles. The van der Waals surface area contributed by atoms with Gasteiger partial charge in [0.1, 0.15) is 11.6 Å². The van der Waals surface area contributed by atoms with Gasteiger partial charge in [0.25, 0.3) is 0 Å². The standard InChI is InChI=1S/C13H15N9OS/c1-22-13(19-20-21-22)24-7-10-16-11(14)18-12(17-10)15-8-5-3-4-6-9(8)23-2/h3-6H,7H2,1-2H3,(H3,14,15,16,17,18). The number of anilines is 3. The Bertz CT molecular complexity index is 838. The molecule has 10 nitrogen and oxygen atoms in total. The van der Waals surface area contributed by atoms with E-state index in [1.54, 1.807) is 18.8 Å². The lowest BCUT2D eigenvalue weighted by Gasteiger charge is -2.10. The Balaban J connectivity index is 1.77. The van der Waals surface area contributed by atoms with Crippen LogP contribution in [0.15, 0.2) is 29.4 Å². The van der Waals surface area contributed by atoms with Crippen molar-refractivity contribution in [3.8, 4) is 5.75 Å². The van der Waals surface area contributed by atoms with E-state index in [1.807, 2.05) is 24.3 Å². The summed E-state index contributed by atoms with van der Waals surface area (Å²) in [6.07, 6.45) is 0. The molecule has 0 radical (unpaired) electrons. The zero-order chi connectivity index (χ0) is 16.9. The first kappa shape index (κ1) is 15.9. The van der Waals surface area contributed by atoms with Gasteiger partial charge in [-0.05, 0) is 22.6 Å². The Labute approximate surface area is 141 Å². The predicted molar refractivity (Wildman–Crippen MR) is 88.9 cm³/mol. The normalized spacial score (nSPS) is 10.6. The van der Waals surface area contributed by atoms with Crippen LogP contribution in [0, 0.1) is 0 Å². The molecule has 0 aliphatic rings. The fourth-order valence-electron chi connectivity index (χ4n) is 1.90. The van der Waals surface area contributed by atoms with Crippen LogP contribution in [0.5, 0.6) is 5.75 Å². The van der Waals surface area contributed by atoms with Gasteiger partial charge in [-0.15, -0.1) is 5.10 Å². The second kappa shape index (κ2) is 7.08. The van der Waals surface area contributed by atoms with Crippen LogP contribution in [-0.4, -0.2) is 42.3 Å².